The van der Waals surface area contributed by atoms with Crippen LogP contribution >= 0.6 is 11.3 Å². The maximum atomic E-state index is 12.5. The summed E-state index contributed by atoms with van der Waals surface area (Å²) in [5.74, 6) is -0.240. The van der Waals surface area contributed by atoms with E-state index in [9.17, 15) is 14.4 Å². The summed E-state index contributed by atoms with van der Waals surface area (Å²) in [5, 5.41) is 3.45. The summed E-state index contributed by atoms with van der Waals surface area (Å²) in [6.07, 6.45) is 4.80. The average Bonchev–Trinajstić information content (AvgIpc) is 2.98. The highest BCUT2D eigenvalue weighted by molar-refractivity contribution is 7.17. The zero-order chi connectivity index (χ0) is 19.8. The normalized spacial score (nSPS) is 15.7. The lowest BCUT2D eigenvalue weighted by Crippen LogP contribution is -2.17. The molecule has 6 nitrogen and oxygen atoms in total. The van der Waals surface area contributed by atoms with Gasteiger partial charge in [0.05, 0.1) is 18.8 Å². The average molecular weight is 396 g/mol. The third-order valence-corrected chi connectivity index (χ3v) is 5.94. The predicted molar refractivity (Wildman–Crippen MR) is 105 cm³/mol. The quantitative estimate of drug-likeness (QED) is 0.636. The highest BCUT2D eigenvalue weighted by Crippen LogP contribution is 2.40. The van der Waals surface area contributed by atoms with E-state index in [4.69, 9.17) is 9.47 Å². The first kappa shape index (κ1) is 21.4. The highest BCUT2D eigenvalue weighted by Gasteiger charge is 2.29. The molecule has 0 fully saturated rings. The first-order chi connectivity index (χ1) is 13.0. The number of fused-ring (bicyclic) bond motifs is 1. The first-order valence-electron chi connectivity index (χ1n) is 9.77. The Morgan fingerprint density at radius 3 is 2.52 bits per heavy atom. The maximum absolute atomic E-state index is 12.5. The van der Waals surface area contributed by atoms with Crippen LogP contribution in [0, 0.1) is 5.92 Å². The summed E-state index contributed by atoms with van der Waals surface area (Å²) in [5.41, 5.74) is 1.55. The van der Waals surface area contributed by atoms with E-state index in [2.05, 4.69) is 12.2 Å². The van der Waals surface area contributed by atoms with Crippen LogP contribution in [0.3, 0.4) is 0 Å². The standard InChI is InChI=1S/C20H29NO5S/c1-4-13-10-11-14-15(12-13)27-19(18(14)20(24)26-6-3)21-16(22)8-7-9-17(23)25-5-2/h13H,4-12H2,1-3H3,(H,21,22)/t13-/m0/s1. The molecule has 1 aliphatic carbocycles. The van der Waals surface area contributed by atoms with Crippen LogP contribution in [-0.2, 0) is 31.9 Å². The molecule has 0 aliphatic heterocycles. The Morgan fingerprint density at radius 2 is 1.85 bits per heavy atom. The van der Waals surface area contributed by atoms with Crippen molar-refractivity contribution in [2.45, 2.75) is 65.7 Å². The third kappa shape index (κ3) is 5.79. The molecule has 1 aliphatic rings. The van der Waals surface area contributed by atoms with E-state index in [1.807, 2.05) is 0 Å². The molecule has 1 aromatic rings. The molecule has 1 aromatic heterocycles. The molecule has 0 saturated carbocycles. The van der Waals surface area contributed by atoms with E-state index in [-0.39, 0.29) is 30.7 Å². The zero-order valence-electron chi connectivity index (χ0n) is 16.4. The highest BCUT2D eigenvalue weighted by atomic mass is 32.1. The summed E-state index contributed by atoms with van der Waals surface area (Å²) in [7, 11) is 0. The third-order valence-electron chi connectivity index (χ3n) is 4.77. The van der Waals surface area contributed by atoms with Crippen molar-refractivity contribution in [3.8, 4) is 0 Å². The van der Waals surface area contributed by atoms with E-state index < -0.39 is 0 Å². The number of hydrogen-bond acceptors (Lipinski definition) is 6. The van der Waals surface area contributed by atoms with E-state index in [1.54, 1.807) is 13.8 Å². The van der Waals surface area contributed by atoms with Crippen molar-refractivity contribution in [2.24, 2.45) is 5.92 Å². The molecule has 1 amide bonds. The van der Waals surface area contributed by atoms with Gasteiger partial charge in [-0.1, -0.05) is 13.3 Å². The maximum Gasteiger partial charge on any atom is 0.341 e. The molecule has 0 spiro atoms. The van der Waals surface area contributed by atoms with Crippen molar-refractivity contribution in [2.75, 3.05) is 18.5 Å². The Hall–Kier alpha value is -1.89. The minimum atomic E-state index is -0.369. The van der Waals surface area contributed by atoms with Crippen molar-refractivity contribution >= 4 is 34.2 Å². The smallest absolute Gasteiger partial charge is 0.341 e. The molecular formula is C20H29NO5S. The van der Waals surface area contributed by atoms with Crippen LogP contribution < -0.4 is 5.32 Å². The fourth-order valence-corrected chi connectivity index (χ4v) is 4.69. The molecule has 0 bridgehead atoms. The van der Waals surface area contributed by atoms with Gasteiger partial charge >= 0.3 is 11.9 Å². The van der Waals surface area contributed by atoms with Gasteiger partial charge in [0.1, 0.15) is 5.00 Å². The monoisotopic (exact) mass is 395 g/mol. The molecule has 0 aromatic carbocycles. The van der Waals surface area contributed by atoms with Crippen molar-refractivity contribution in [1.29, 1.82) is 0 Å². The van der Waals surface area contributed by atoms with Gasteiger partial charge < -0.3 is 14.8 Å². The van der Waals surface area contributed by atoms with Gasteiger partial charge in [-0.2, -0.15) is 0 Å². The van der Waals surface area contributed by atoms with E-state index in [0.29, 0.717) is 36.1 Å². The lowest BCUT2D eigenvalue weighted by molar-refractivity contribution is -0.143. The van der Waals surface area contributed by atoms with E-state index >= 15 is 0 Å². The Morgan fingerprint density at radius 1 is 1.11 bits per heavy atom. The molecule has 0 saturated heterocycles. The number of rotatable bonds is 9. The van der Waals surface area contributed by atoms with Gasteiger partial charge in [-0.25, -0.2) is 4.79 Å². The predicted octanol–water partition coefficient (Wildman–Crippen LogP) is 4.11. The van der Waals surface area contributed by atoms with Gasteiger partial charge in [-0.05, 0) is 51.0 Å². The Kier molecular flexibility index (Phi) is 8.28. The van der Waals surface area contributed by atoms with Gasteiger partial charge in [-0.3, -0.25) is 9.59 Å². The van der Waals surface area contributed by atoms with Gasteiger partial charge in [-0.15, -0.1) is 11.3 Å². The Bertz CT molecular complexity index is 682. The van der Waals surface area contributed by atoms with Crippen LogP contribution in [0.5, 0.6) is 0 Å². The SMILES string of the molecule is CCOC(=O)CCCC(=O)Nc1sc2c(c1C(=O)OCC)CC[C@H](CC)C2. The number of hydrogen-bond donors (Lipinski definition) is 1. The van der Waals surface area contributed by atoms with Crippen LogP contribution in [0.25, 0.3) is 0 Å². The second-order valence-corrected chi connectivity index (χ2v) is 7.76. The summed E-state index contributed by atoms with van der Waals surface area (Å²) < 4.78 is 10.1. The Labute approximate surface area is 164 Å². The summed E-state index contributed by atoms with van der Waals surface area (Å²) in [6, 6.07) is 0. The van der Waals surface area contributed by atoms with Crippen molar-refractivity contribution in [3.05, 3.63) is 16.0 Å². The second kappa shape index (κ2) is 10.4. The van der Waals surface area contributed by atoms with Gasteiger partial charge in [0.2, 0.25) is 5.91 Å². The van der Waals surface area contributed by atoms with Crippen molar-refractivity contribution < 1.29 is 23.9 Å². The summed E-state index contributed by atoms with van der Waals surface area (Å²) in [6.45, 7) is 6.35. The van der Waals surface area contributed by atoms with Crippen LogP contribution in [0.2, 0.25) is 0 Å². The fourth-order valence-electron chi connectivity index (χ4n) is 3.33. The van der Waals surface area contributed by atoms with Crippen LogP contribution in [0.15, 0.2) is 0 Å². The summed E-state index contributed by atoms with van der Waals surface area (Å²) in [4.78, 5) is 37.3. The molecule has 0 unspecified atom stereocenters. The van der Waals surface area contributed by atoms with E-state index in [0.717, 1.165) is 31.2 Å². The lowest BCUT2D eigenvalue weighted by Gasteiger charge is -2.20. The molecule has 7 heteroatoms. The molecule has 0 radical (unpaired) electrons. The number of anilines is 1. The van der Waals surface area contributed by atoms with Gasteiger partial charge in [0, 0.05) is 17.7 Å². The number of carbonyl (C=O) groups is 3. The Balaban J connectivity index is 2.08. The second-order valence-electron chi connectivity index (χ2n) is 6.65. The number of nitrogens with one attached hydrogen (secondary N) is 1. The van der Waals surface area contributed by atoms with E-state index in [1.165, 1.54) is 16.2 Å². The zero-order valence-corrected chi connectivity index (χ0v) is 17.2. The van der Waals surface area contributed by atoms with Gasteiger partial charge in [0.15, 0.2) is 0 Å². The molecule has 1 N–H and O–H groups in total. The molecule has 1 atom stereocenters. The molecular weight excluding hydrogens is 366 g/mol. The molecule has 27 heavy (non-hydrogen) atoms. The molecule has 1 heterocycles. The number of esters is 2. The molecule has 2 rings (SSSR count). The van der Waals surface area contributed by atoms with Crippen LogP contribution in [-0.4, -0.2) is 31.1 Å². The van der Waals surface area contributed by atoms with Crippen LogP contribution in [0.4, 0.5) is 5.00 Å². The van der Waals surface area contributed by atoms with Crippen molar-refractivity contribution in [1.82, 2.24) is 0 Å². The topological polar surface area (TPSA) is 81.7 Å². The largest absolute Gasteiger partial charge is 0.466 e. The minimum absolute atomic E-state index is 0.199. The fraction of sp³-hybridized carbons (Fsp3) is 0.650. The lowest BCUT2D eigenvalue weighted by atomic mass is 9.85. The number of amides is 1. The van der Waals surface area contributed by atoms with Crippen LogP contribution in [0.1, 0.15) is 73.7 Å². The molecule has 150 valence electrons. The number of carbonyl (C=O) groups excluding carboxylic acids is 3. The van der Waals surface area contributed by atoms with Crippen molar-refractivity contribution in [3.63, 3.8) is 0 Å². The summed E-state index contributed by atoms with van der Waals surface area (Å²) >= 11 is 1.49. The minimum Gasteiger partial charge on any atom is -0.466 e. The van der Waals surface area contributed by atoms with Gasteiger partial charge in [0.25, 0.3) is 0 Å². The first-order valence-corrected chi connectivity index (χ1v) is 10.6. The number of ether oxygens (including phenoxy) is 2. The number of thiophene rings is 1.